The van der Waals surface area contributed by atoms with Gasteiger partial charge in [-0.25, -0.2) is 4.79 Å². The molecule has 2 rings (SSSR count). The topological polar surface area (TPSA) is 109 Å². The summed E-state index contributed by atoms with van der Waals surface area (Å²) in [5.74, 6) is -0.194. The van der Waals surface area contributed by atoms with Crippen LogP contribution < -0.4 is 11.1 Å². The zero-order valence-electron chi connectivity index (χ0n) is 13.9. The number of amidine groups is 1. The molecule has 1 saturated heterocycles. The van der Waals surface area contributed by atoms with E-state index in [0.29, 0.717) is 31.5 Å². The van der Waals surface area contributed by atoms with E-state index in [1.165, 1.54) is 7.11 Å². The molecule has 130 valence electrons. The van der Waals surface area contributed by atoms with Crippen LogP contribution in [0.1, 0.15) is 30.4 Å². The highest BCUT2D eigenvalue weighted by Crippen LogP contribution is 2.16. The zero-order valence-corrected chi connectivity index (χ0v) is 13.9. The average molecular weight is 332 g/mol. The summed E-state index contributed by atoms with van der Waals surface area (Å²) >= 11 is 0. The van der Waals surface area contributed by atoms with Gasteiger partial charge < -0.3 is 20.7 Å². The normalized spacial score (nSPS) is 16.8. The van der Waals surface area contributed by atoms with Gasteiger partial charge in [-0.3, -0.25) is 10.2 Å². The van der Waals surface area contributed by atoms with E-state index in [1.807, 2.05) is 24.3 Å². The second-order valence-corrected chi connectivity index (χ2v) is 5.86. The minimum atomic E-state index is -0.253. The van der Waals surface area contributed by atoms with Gasteiger partial charge in [0.1, 0.15) is 5.84 Å². The summed E-state index contributed by atoms with van der Waals surface area (Å²) in [5.41, 5.74) is 7.30. The van der Waals surface area contributed by atoms with Gasteiger partial charge in [0.25, 0.3) is 0 Å². The van der Waals surface area contributed by atoms with Gasteiger partial charge in [-0.05, 0) is 24.8 Å². The lowest BCUT2D eigenvalue weighted by Gasteiger charge is -2.23. The predicted octanol–water partition coefficient (Wildman–Crippen LogP) is 1.25. The first-order valence-electron chi connectivity index (χ1n) is 8.06. The van der Waals surface area contributed by atoms with E-state index in [0.717, 1.165) is 18.4 Å². The van der Waals surface area contributed by atoms with Crippen molar-refractivity contribution >= 4 is 17.8 Å². The summed E-state index contributed by atoms with van der Waals surface area (Å²) in [4.78, 5) is 24.9. The van der Waals surface area contributed by atoms with E-state index in [1.54, 1.807) is 4.90 Å². The average Bonchev–Trinajstić information content (AvgIpc) is 2.93. The SMILES string of the molecule is COC(=O)CCCN1C(=O)NCC1CCc1ccc(C(=N)N)cc1. The largest absolute Gasteiger partial charge is 0.469 e. The standard InChI is InChI=1S/C17H24N4O3/c1-24-15(22)3-2-10-21-14(11-20-17(21)23)9-6-12-4-7-13(8-5-12)16(18)19/h4-5,7-8,14H,2-3,6,9-11H2,1H3,(H3,18,19)(H,20,23). The number of nitrogens with two attached hydrogens (primary N) is 1. The Morgan fingerprint density at radius 1 is 1.42 bits per heavy atom. The Morgan fingerprint density at radius 3 is 2.75 bits per heavy atom. The fourth-order valence-corrected chi connectivity index (χ4v) is 2.80. The molecule has 1 heterocycles. The number of ether oxygens (including phenoxy) is 1. The number of urea groups is 1. The smallest absolute Gasteiger partial charge is 0.317 e. The first-order valence-corrected chi connectivity index (χ1v) is 8.06. The second kappa shape index (κ2) is 8.33. The molecule has 1 atom stereocenters. The highest BCUT2D eigenvalue weighted by Gasteiger charge is 2.29. The third kappa shape index (κ3) is 4.71. The van der Waals surface area contributed by atoms with Crippen LogP contribution in [0.3, 0.4) is 0 Å². The first-order chi connectivity index (χ1) is 11.5. The van der Waals surface area contributed by atoms with Gasteiger partial charge in [-0.15, -0.1) is 0 Å². The number of esters is 1. The predicted molar refractivity (Wildman–Crippen MR) is 90.9 cm³/mol. The lowest BCUT2D eigenvalue weighted by atomic mass is 10.0. The van der Waals surface area contributed by atoms with Gasteiger partial charge in [-0.2, -0.15) is 0 Å². The molecular weight excluding hydrogens is 308 g/mol. The fourth-order valence-electron chi connectivity index (χ4n) is 2.80. The zero-order chi connectivity index (χ0) is 17.5. The van der Waals surface area contributed by atoms with Crippen LogP contribution in [0.4, 0.5) is 4.79 Å². The van der Waals surface area contributed by atoms with Crippen LogP contribution in [0.2, 0.25) is 0 Å². The molecule has 24 heavy (non-hydrogen) atoms. The highest BCUT2D eigenvalue weighted by atomic mass is 16.5. The van der Waals surface area contributed by atoms with Crippen LogP contribution in [0.15, 0.2) is 24.3 Å². The number of carbonyl (C=O) groups is 2. The third-order valence-corrected chi connectivity index (χ3v) is 4.23. The number of nitrogens with zero attached hydrogens (tertiary/aromatic N) is 1. The molecule has 0 saturated carbocycles. The molecule has 1 aliphatic rings. The van der Waals surface area contributed by atoms with E-state index in [-0.39, 0.29) is 23.9 Å². The summed E-state index contributed by atoms with van der Waals surface area (Å²) in [6.45, 7) is 1.18. The van der Waals surface area contributed by atoms with Gasteiger partial charge in [-0.1, -0.05) is 24.3 Å². The van der Waals surface area contributed by atoms with Gasteiger partial charge in [0.05, 0.1) is 13.2 Å². The van der Waals surface area contributed by atoms with Gasteiger partial charge in [0.15, 0.2) is 0 Å². The van der Waals surface area contributed by atoms with Crippen molar-refractivity contribution in [1.82, 2.24) is 10.2 Å². The molecule has 7 nitrogen and oxygen atoms in total. The number of aryl methyl sites for hydroxylation is 1. The Hall–Kier alpha value is -2.57. The van der Waals surface area contributed by atoms with E-state index in [4.69, 9.17) is 11.1 Å². The second-order valence-electron chi connectivity index (χ2n) is 5.86. The highest BCUT2D eigenvalue weighted by molar-refractivity contribution is 5.94. The summed E-state index contributed by atoms with van der Waals surface area (Å²) in [5, 5.41) is 10.3. The number of hydrogen-bond acceptors (Lipinski definition) is 4. The molecule has 0 spiro atoms. The molecule has 4 N–H and O–H groups in total. The van der Waals surface area contributed by atoms with Crippen molar-refractivity contribution in [2.75, 3.05) is 20.2 Å². The summed E-state index contributed by atoms with van der Waals surface area (Å²) in [6, 6.07) is 7.65. The molecule has 1 aliphatic heterocycles. The molecular formula is C17H24N4O3. The molecule has 1 unspecified atom stereocenters. The van der Waals surface area contributed by atoms with Crippen molar-refractivity contribution in [2.45, 2.75) is 31.7 Å². The molecule has 2 amide bonds. The van der Waals surface area contributed by atoms with Gasteiger partial charge in [0.2, 0.25) is 0 Å². The lowest BCUT2D eigenvalue weighted by molar-refractivity contribution is -0.140. The van der Waals surface area contributed by atoms with Crippen molar-refractivity contribution in [3.05, 3.63) is 35.4 Å². The van der Waals surface area contributed by atoms with Crippen LogP contribution in [-0.2, 0) is 16.0 Å². The van der Waals surface area contributed by atoms with Crippen LogP contribution in [-0.4, -0.2) is 49.0 Å². The number of amides is 2. The Bertz CT molecular complexity index is 600. The van der Waals surface area contributed by atoms with Crippen LogP contribution in [0.5, 0.6) is 0 Å². The van der Waals surface area contributed by atoms with Crippen LogP contribution in [0.25, 0.3) is 0 Å². The monoisotopic (exact) mass is 332 g/mol. The van der Waals surface area contributed by atoms with Crippen molar-refractivity contribution in [1.29, 1.82) is 5.41 Å². The van der Waals surface area contributed by atoms with Crippen LogP contribution >= 0.6 is 0 Å². The Balaban J connectivity index is 1.84. The molecule has 0 radical (unpaired) electrons. The van der Waals surface area contributed by atoms with E-state index >= 15 is 0 Å². The summed E-state index contributed by atoms with van der Waals surface area (Å²) < 4.78 is 4.62. The quantitative estimate of drug-likeness (QED) is 0.378. The van der Waals surface area contributed by atoms with Crippen molar-refractivity contribution in [2.24, 2.45) is 5.73 Å². The molecule has 0 aliphatic carbocycles. The lowest BCUT2D eigenvalue weighted by Crippen LogP contribution is -2.35. The summed E-state index contributed by atoms with van der Waals surface area (Å²) in [7, 11) is 1.37. The van der Waals surface area contributed by atoms with Gasteiger partial charge >= 0.3 is 12.0 Å². The maximum Gasteiger partial charge on any atom is 0.317 e. The number of hydrogen-bond donors (Lipinski definition) is 3. The maximum atomic E-state index is 11.9. The Morgan fingerprint density at radius 2 is 2.12 bits per heavy atom. The number of nitrogens with one attached hydrogen (secondary N) is 2. The minimum Gasteiger partial charge on any atom is -0.469 e. The maximum absolute atomic E-state index is 11.9. The fraction of sp³-hybridized carbons (Fsp3) is 0.471. The number of carbonyl (C=O) groups excluding carboxylic acids is 2. The molecule has 1 aromatic carbocycles. The number of rotatable bonds is 8. The van der Waals surface area contributed by atoms with Crippen molar-refractivity contribution in [3.8, 4) is 0 Å². The van der Waals surface area contributed by atoms with Crippen LogP contribution in [0, 0.1) is 5.41 Å². The number of methoxy groups -OCH3 is 1. The molecule has 0 bridgehead atoms. The number of benzene rings is 1. The Labute approximate surface area is 141 Å². The minimum absolute atomic E-state index is 0.0592. The molecule has 0 aromatic heterocycles. The van der Waals surface area contributed by atoms with Crippen molar-refractivity contribution < 1.29 is 14.3 Å². The van der Waals surface area contributed by atoms with E-state index < -0.39 is 0 Å². The van der Waals surface area contributed by atoms with Gasteiger partial charge in [0, 0.05) is 25.1 Å². The molecule has 1 fully saturated rings. The Kier molecular flexibility index (Phi) is 6.17. The third-order valence-electron chi connectivity index (χ3n) is 4.23. The van der Waals surface area contributed by atoms with Crippen molar-refractivity contribution in [3.63, 3.8) is 0 Å². The molecule has 7 heteroatoms. The number of nitrogen functional groups attached to an aromatic ring is 1. The van der Waals surface area contributed by atoms with E-state index in [2.05, 4.69) is 10.1 Å². The molecule has 1 aromatic rings. The van der Waals surface area contributed by atoms with E-state index in [9.17, 15) is 9.59 Å². The first kappa shape index (κ1) is 17.8. The summed E-state index contributed by atoms with van der Waals surface area (Å²) in [6.07, 6.45) is 2.60.